The van der Waals surface area contributed by atoms with Crippen LogP contribution >= 0.6 is 0 Å². The summed E-state index contributed by atoms with van der Waals surface area (Å²) < 4.78 is 0. The summed E-state index contributed by atoms with van der Waals surface area (Å²) in [6.07, 6.45) is 6.15. The monoisotopic (exact) mass is 260 g/mol. The minimum atomic E-state index is -0.189. The Labute approximate surface area is 114 Å². The Kier molecular flexibility index (Phi) is 6.99. The van der Waals surface area contributed by atoms with Crippen molar-refractivity contribution in [1.29, 1.82) is 0 Å². The second kappa shape index (κ2) is 8.28. The SMILES string of the molecule is C=CCCCc1ccccc1[Si]C(O)CC(C)C. The molecule has 2 heteroatoms. The second-order valence-electron chi connectivity index (χ2n) is 5.13. The molecule has 2 radical (unpaired) electrons. The van der Waals surface area contributed by atoms with Gasteiger partial charge in [-0.3, -0.25) is 0 Å². The van der Waals surface area contributed by atoms with E-state index in [0.717, 1.165) is 25.7 Å². The first kappa shape index (κ1) is 15.2. The Hall–Kier alpha value is -0.863. The van der Waals surface area contributed by atoms with Crippen LogP contribution in [0.3, 0.4) is 0 Å². The zero-order chi connectivity index (χ0) is 13.4. The van der Waals surface area contributed by atoms with Gasteiger partial charge in [0.15, 0.2) is 0 Å². The normalized spacial score (nSPS) is 12.7. The van der Waals surface area contributed by atoms with Gasteiger partial charge in [0, 0.05) is 5.73 Å². The maximum Gasteiger partial charge on any atom is 0.119 e. The highest BCUT2D eigenvalue weighted by Gasteiger charge is 2.11. The van der Waals surface area contributed by atoms with Gasteiger partial charge in [-0.15, -0.1) is 6.58 Å². The Morgan fingerprint density at radius 2 is 2.06 bits per heavy atom. The quantitative estimate of drug-likeness (QED) is 0.433. The van der Waals surface area contributed by atoms with E-state index in [-0.39, 0.29) is 5.73 Å². The molecule has 0 amide bonds. The molecule has 0 spiro atoms. The first-order valence-electron chi connectivity index (χ1n) is 6.77. The molecule has 18 heavy (non-hydrogen) atoms. The van der Waals surface area contributed by atoms with E-state index < -0.39 is 0 Å². The standard InChI is InChI=1S/C16H24OSi/c1-4-5-6-9-14-10-7-8-11-15(14)18-16(17)12-13(2)3/h4,7-8,10-11,13,16-17H,1,5-6,9,12H2,2-3H3. The third-order valence-electron chi connectivity index (χ3n) is 2.89. The minimum Gasteiger partial charge on any atom is -0.397 e. The molecule has 98 valence electrons. The summed E-state index contributed by atoms with van der Waals surface area (Å²) in [5.74, 6) is 0.556. The van der Waals surface area contributed by atoms with Crippen LogP contribution in [0.5, 0.6) is 0 Å². The van der Waals surface area contributed by atoms with E-state index in [1.807, 2.05) is 6.08 Å². The van der Waals surface area contributed by atoms with Crippen molar-refractivity contribution in [1.82, 2.24) is 0 Å². The van der Waals surface area contributed by atoms with E-state index in [2.05, 4.69) is 44.7 Å². The van der Waals surface area contributed by atoms with Crippen LogP contribution in [0, 0.1) is 5.92 Å². The van der Waals surface area contributed by atoms with Crippen molar-refractivity contribution in [2.24, 2.45) is 5.92 Å². The molecule has 0 aliphatic rings. The molecule has 0 aromatic heterocycles. The van der Waals surface area contributed by atoms with Crippen molar-refractivity contribution in [3.8, 4) is 0 Å². The highest BCUT2D eigenvalue weighted by atomic mass is 28.2. The lowest BCUT2D eigenvalue weighted by Crippen LogP contribution is -2.31. The maximum absolute atomic E-state index is 10.1. The lowest BCUT2D eigenvalue weighted by molar-refractivity contribution is 0.223. The molecule has 1 aromatic carbocycles. The summed E-state index contributed by atoms with van der Waals surface area (Å²) in [5, 5.41) is 11.4. The Balaban J connectivity index is 2.60. The van der Waals surface area contributed by atoms with E-state index in [9.17, 15) is 5.11 Å². The van der Waals surface area contributed by atoms with Crippen LogP contribution in [0.1, 0.15) is 38.7 Å². The first-order chi connectivity index (χ1) is 8.63. The molecule has 0 aliphatic carbocycles. The number of benzene rings is 1. The van der Waals surface area contributed by atoms with E-state index >= 15 is 0 Å². The van der Waals surface area contributed by atoms with Crippen LogP contribution in [-0.2, 0) is 6.42 Å². The molecule has 1 aromatic rings. The molecule has 0 heterocycles. The topological polar surface area (TPSA) is 20.2 Å². The smallest absolute Gasteiger partial charge is 0.119 e. The van der Waals surface area contributed by atoms with Gasteiger partial charge in [0.05, 0.1) is 0 Å². The average Bonchev–Trinajstić information content (AvgIpc) is 2.30. The summed E-state index contributed by atoms with van der Waals surface area (Å²) in [5.41, 5.74) is 1.20. The van der Waals surface area contributed by atoms with Gasteiger partial charge in [-0.05, 0) is 37.2 Å². The number of aliphatic hydroxyl groups excluding tert-OH is 1. The Morgan fingerprint density at radius 1 is 1.33 bits per heavy atom. The number of hydrogen-bond donors (Lipinski definition) is 1. The van der Waals surface area contributed by atoms with Gasteiger partial charge >= 0.3 is 0 Å². The second-order valence-corrected chi connectivity index (χ2v) is 6.62. The van der Waals surface area contributed by atoms with Gasteiger partial charge in [0.2, 0.25) is 0 Å². The Morgan fingerprint density at radius 3 is 2.72 bits per heavy atom. The van der Waals surface area contributed by atoms with E-state index in [1.54, 1.807) is 0 Å². The molecule has 1 atom stereocenters. The van der Waals surface area contributed by atoms with Crippen molar-refractivity contribution in [3.63, 3.8) is 0 Å². The fourth-order valence-corrected chi connectivity index (χ4v) is 3.54. The van der Waals surface area contributed by atoms with Crippen molar-refractivity contribution >= 4 is 14.7 Å². The first-order valence-corrected chi connectivity index (χ1v) is 7.84. The average molecular weight is 260 g/mol. The molecule has 0 saturated heterocycles. The zero-order valence-electron chi connectivity index (χ0n) is 11.5. The molecule has 0 fully saturated rings. The lowest BCUT2D eigenvalue weighted by atomic mass is 10.1. The predicted octanol–water partition coefficient (Wildman–Crippen LogP) is 2.89. The molecule has 1 nitrogen and oxygen atoms in total. The highest BCUT2D eigenvalue weighted by molar-refractivity contribution is 6.55. The molecule has 0 bridgehead atoms. The van der Waals surface area contributed by atoms with Crippen LogP contribution < -0.4 is 5.19 Å². The summed E-state index contributed by atoms with van der Waals surface area (Å²) in [7, 11) is 0.512. The van der Waals surface area contributed by atoms with Gasteiger partial charge < -0.3 is 5.11 Å². The fourth-order valence-electron chi connectivity index (χ4n) is 2.00. The molecule has 0 saturated carbocycles. The number of allylic oxidation sites excluding steroid dienone is 1. The van der Waals surface area contributed by atoms with Crippen molar-refractivity contribution < 1.29 is 5.11 Å². The number of hydrogen-bond acceptors (Lipinski definition) is 1. The van der Waals surface area contributed by atoms with Gasteiger partial charge in [0.25, 0.3) is 0 Å². The van der Waals surface area contributed by atoms with Crippen molar-refractivity contribution in [2.75, 3.05) is 0 Å². The number of aliphatic hydroxyl groups is 1. The van der Waals surface area contributed by atoms with E-state index in [4.69, 9.17) is 0 Å². The van der Waals surface area contributed by atoms with Gasteiger partial charge in [0.1, 0.15) is 9.52 Å². The zero-order valence-corrected chi connectivity index (χ0v) is 12.5. The van der Waals surface area contributed by atoms with Crippen LogP contribution in [0.4, 0.5) is 0 Å². The van der Waals surface area contributed by atoms with Crippen LogP contribution in [0.2, 0.25) is 0 Å². The van der Waals surface area contributed by atoms with E-state index in [1.165, 1.54) is 10.8 Å². The molecule has 0 aliphatic heterocycles. The van der Waals surface area contributed by atoms with Crippen LogP contribution in [0.15, 0.2) is 36.9 Å². The lowest BCUT2D eigenvalue weighted by Gasteiger charge is -2.14. The van der Waals surface area contributed by atoms with Crippen molar-refractivity contribution in [2.45, 2.75) is 45.3 Å². The highest BCUT2D eigenvalue weighted by Crippen LogP contribution is 2.07. The van der Waals surface area contributed by atoms with Gasteiger partial charge in [-0.25, -0.2) is 0 Å². The third-order valence-corrected chi connectivity index (χ3v) is 4.26. The summed E-state index contributed by atoms with van der Waals surface area (Å²) in [6.45, 7) is 8.07. The third kappa shape index (κ3) is 5.65. The maximum atomic E-state index is 10.1. The van der Waals surface area contributed by atoms with Gasteiger partial charge in [-0.2, -0.15) is 0 Å². The summed E-state index contributed by atoms with van der Waals surface area (Å²) in [4.78, 5) is 0. The van der Waals surface area contributed by atoms with Gasteiger partial charge in [-0.1, -0.05) is 49.4 Å². The van der Waals surface area contributed by atoms with Crippen molar-refractivity contribution in [3.05, 3.63) is 42.5 Å². The largest absolute Gasteiger partial charge is 0.397 e. The predicted molar refractivity (Wildman–Crippen MR) is 80.4 cm³/mol. The molecule has 1 N–H and O–H groups in total. The number of aryl methyl sites for hydroxylation is 1. The van der Waals surface area contributed by atoms with E-state index in [0.29, 0.717) is 15.4 Å². The van der Waals surface area contributed by atoms with Crippen LogP contribution in [-0.4, -0.2) is 20.4 Å². The molecular weight excluding hydrogens is 236 g/mol. The summed E-state index contributed by atoms with van der Waals surface area (Å²) >= 11 is 0. The fraction of sp³-hybridized carbons (Fsp3) is 0.500. The minimum absolute atomic E-state index is 0.189. The molecular formula is C16H24OSi. The number of rotatable bonds is 8. The Bertz CT molecular complexity index is 360. The van der Waals surface area contributed by atoms with Crippen LogP contribution in [0.25, 0.3) is 0 Å². The molecule has 1 rings (SSSR count). The molecule has 1 unspecified atom stereocenters. The summed E-state index contributed by atoms with van der Waals surface area (Å²) in [6, 6.07) is 8.51. The number of unbranched alkanes of at least 4 members (excludes halogenated alkanes) is 1.